The predicted octanol–water partition coefficient (Wildman–Crippen LogP) is 4.83. The molecule has 0 aliphatic rings. The Morgan fingerprint density at radius 1 is 0.897 bits per heavy atom. The number of hydrogen-bond acceptors (Lipinski definition) is 4. The maximum absolute atomic E-state index is 12.3. The Morgan fingerprint density at radius 2 is 1.41 bits per heavy atom. The van der Waals surface area contributed by atoms with Crippen LogP contribution in [-0.4, -0.2) is 28.2 Å². The zero-order valence-electron chi connectivity index (χ0n) is 17.2. The second kappa shape index (κ2) is 10.2. The van der Waals surface area contributed by atoms with Crippen molar-refractivity contribution in [1.82, 2.24) is 15.3 Å². The first-order valence-electron chi connectivity index (χ1n) is 9.86. The largest absolute Gasteiger partial charge is 0.355 e. The van der Waals surface area contributed by atoms with Gasteiger partial charge < -0.3 is 5.32 Å². The highest BCUT2D eigenvalue weighted by Crippen LogP contribution is 2.27. The van der Waals surface area contributed by atoms with Gasteiger partial charge in [-0.25, -0.2) is 9.97 Å². The van der Waals surface area contributed by atoms with E-state index in [1.807, 2.05) is 32.9 Å². The van der Waals surface area contributed by atoms with E-state index in [0.29, 0.717) is 17.5 Å². The molecule has 150 valence electrons. The van der Waals surface area contributed by atoms with Crippen LogP contribution in [0.4, 0.5) is 0 Å². The molecule has 0 radical (unpaired) electrons. The summed E-state index contributed by atoms with van der Waals surface area (Å²) < 4.78 is 0. The average molecular weight is 406 g/mol. The number of amides is 1. The van der Waals surface area contributed by atoms with E-state index in [-0.39, 0.29) is 11.8 Å². The molecule has 1 N–H and O–H groups in total. The van der Waals surface area contributed by atoms with Crippen molar-refractivity contribution in [3.05, 3.63) is 88.7 Å². The van der Waals surface area contributed by atoms with Crippen LogP contribution in [0.25, 0.3) is 0 Å². The van der Waals surface area contributed by atoms with Gasteiger partial charge in [0.05, 0.1) is 5.75 Å². The number of aryl methyl sites for hydroxylation is 2. The van der Waals surface area contributed by atoms with Crippen molar-refractivity contribution in [2.45, 2.75) is 38.3 Å². The minimum absolute atomic E-state index is 0.00866. The normalized spacial score (nSPS) is 10.9. The number of carbonyl (C=O) groups is 1. The fourth-order valence-electron chi connectivity index (χ4n) is 3.24. The Bertz CT molecular complexity index is 882. The van der Waals surface area contributed by atoms with E-state index in [1.165, 1.54) is 22.9 Å². The summed E-state index contributed by atoms with van der Waals surface area (Å²) in [6, 6.07) is 20.9. The second-order valence-electron chi connectivity index (χ2n) is 7.10. The number of hydrogen-bond donors (Lipinski definition) is 1. The molecule has 0 aliphatic heterocycles. The van der Waals surface area contributed by atoms with Gasteiger partial charge >= 0.3 is 0 Å². The lowest BCUT2D eigenvalue weighted by molar-refractivity contribution is -0.118. The number of aromatic nitrogens is 2. The highest BCUT2D eigenvalue weighted by atomic mass is 32.2. The first-order chi connectivity index (χ1) is 14.0. The molecule has 2 aromatic carbocycles. The van der Waals surface area contributed by atoms with Gasteiger partial charge in [0.2, 0.25) is 5.91 Å². The van der Waals surface area contributed by atoms with Crippen LogP contribution in [0, 0.1) is 20.8 Å². The topological polar surface area (TPSA) is 54.9 Å². The van der Waals surface area contributed by atoms with E-state index in [4.69, 9.17) is 0 Å². The number of benzene rings is 2. The van der Waals surface area contributed by atoms with Crippen molar-refractivity contribution < 1.29 is 4.79 Å². The Kier molecular flexibility index (Phi) is 7.42. The first kappa shape index (κ1) is 21.1. The van der Waals surface area contributed by atoms with Gasteiger partial charge in [-0.1, -0.05) is 72.4 Å². The number of nitrogens with zero attached hydrogens (tertiary/aromatic N) is 2. The third kappa shape index (κ3) is 5.91. The fourth-order valence-corrected chi connectivity index (χ4v) is 4.00. The number of thioether (sulfide) groups is 1. The standard InChI is InChI=1S/C24H27N3OS/c1-17-18(2)26-24(27-19(17)3)29-16-23(28)25-15-14-22(20-10-6-4-7-11-20)21-12-8-5-9-13-21/h4-13,22H,14-16H2,1-3H3,(H,25,28). The summed E-state index contributed by atoms with van der Waals surface area (Å²) in [5, 5.41) is 3.71. The zero-order chi connectivity index (χ0) is 20.6. The Labute approximate surface area is 177 Å². The van der Waals surface area contributed by atoms with Gasteiger partial charge in [-0.05, 0) is 43.9 Å². The summed E-state index contributed by atoms with van der Waals surface area (Å²) in [4.78, 5) is 21.3. The molecule has 0 atom stereocenters. The van der Waals surface area contributed by atoms with Crippen LogP contribution in [-0.2, 0) is 4.79 Å². The number of nitrogens with one attached hydrogen (secondary N) is 1. The maximum atomic E-state index is 12.3. The molecule has 0 fully saturated rings. The summed E-state index contributed by atoms with van der Waals surface area (Å²) in [6.07, 6.45) is 0.851. The summed E-state index contributed by atoms with van der Waals surface area (Å²) in [5.74, 6) is 0.592. The first-order valence-corrected chi connectivity index (χ1v) is 10.8. The minimum atomic E-state index is 0.00866. The van der Waals surface area contributed by atoms with Crippen LogP contribution in [0.2, 0.25) is 0 Å². The van der Waals surface area contributed by atoms with Crippen LogP contribution in [0.1, 0.15) is 40.4 Å². The van der Waals surface area contributed by atoms with Gasteiger partial charge in [0, 0.05) is 23.9 Å². The van der Waals surface area contributed by atoms with E-state index in [1.54, 1.807) is 0 Å². The van der Waals surface area contributed by atoms with Gasteiger partial charge in [-0.2, -0.15) is 0 Å². The maximum Gasteiger partial charge on any atom is 0.230 e. The van der Waals surface area contributed by atoms with Crippen LogP contribution in [0.3, 0.4) is 0 Å². The summed E-state index contributed by atoms with van der Waals surface area (Å²) >= 11 is 1.38. The molecule has 1 heterocycles. The smallest absolute Gasteiger partial charge is 0.230 e. The molecular weight excluding hydrogens is 378 g/mol. The molecule has 5 heteroatoms. The molecule has 3 rings (SSSR count). The second-order valence-corrected chi connectivity index (χ2v) is 8.05. The monoisotopic (exact) mass is 405 g/mol. The molecule has 0 bridgehead atoms. The van der Waals surface area contributed by atoms with E-state index in [9.17, 15) is 4.79 Å². The highest BCUT2D eigenvalue weighted by Gasteiger charge is 2.14. The van der Waals surface area contributed by atoms with E-state index in [0.717, 1.165) is 23.4 Å². The van der Waals surface area contributed by atoms with Crippen molar-refractivity contribution >= 4 is 17.7 Å². The highest BCUT2D eigenvalue weighted by molar-refractivity contribution is 7.99. The number of rotatable bonds is 8. The molecule has 0 saturated carbocycles. The average Bonchev–Trinajstić information content (AvgIpc) is 2.74. The van der Waals surface area contributed by atoms with Gasteiger partial charge in [0.15, 0.2) is 5.16 Å². The third-order valence-electron chi connectivity index (χ3n) is 5.10. The van der Waals surface area contributed by atoms with Crippen molar-refractivity contribution in [2.24, 2.45) is 0 Å². The lowest BCUT2D eigenvalue weighted by Gasteiger charge is -2.18. The van der Waals surface area contributed by atoms with Crippen LogP contribution in [0.5, 0.6) is 0 Å². The summed E-state index contributed by atoms with van der Waals surface area (Å²) in [7, 11) is 0. The van der Waals surface area contributed by atoms with Crippen LogP contribution in [0.15, 0.2) is 65.8 Å². The Morgan fingerprint density at radius 3 is 1.93 bits per heavy atom. The van der Waals surface area contributed by atoms with E-state index < -0.39 is 0 Å². The van der Waals surface area contributed by atoms with Crippen molar-refractivity contribution in [1.29, 1.82) is 0 Å². The summed E-state index contributed by atoms with van der Waals surface area (Å²) in [6.45, 7) is 6.59. The van der Waals surface area contributed by atoms with Gasteiger partial charge in [0.25, 0.3) is 0 Å². The molecule has 29 heavy (non-hydrogen) atoms. The van der Waals surface area contributed by atoms with Crippen LogP contribution >= 0.6 is 11.8 Å². The Hall–Kier alpha value is -2.66. The lowest BCUT2D eigenvalue weighted by atomic mass is 9.88. The lowest BCUT2D eigenvalue weighted by Crippen LogP contribution is -2.27. The predicted molar refractivity (Wildman–Crippen MR) is 119 cm³/mol. The molecule has 4 nitrogen and oxygen atoms in total. The number of carbonyl (C=O) groups excluding carboxylic acids is 1. The van der Waals surface area contributed by atoms with Crippen LogP contribution < -0.4 is 5.32 Å². The molecule has 0 unspecified atom stereocenters. The molecule has 0 saturated heterocycles. The molecule has 1 aromatic heterocycles. The van der Waals surface area contributed by atoms with E-state index >= 15 is 0 Å². The van der Waals surface area contributed by atoms with Crippen molar-refractivity contribution in [3.63, 3.8) is 0 Å². The third-order valence-corrected chi connectivity index (χ3v) is 5.95. The molecule has 3 aromatic rings. The van der Waals surface area contributed by atoms with Crippen molar-refractivity contribution in [3.8, 4) is 0 Å². The van der Waals surface area contributed by atoms with Gasteiger partial charge in [-0.3, -0.25) is 4.79 Å². The molecule has 1 amide bonds. The fraction of sp³-hybridized carbons (Fsp3) is 0.292. The molecule has 0 spiro atoms. The quantitative estimate of drug-likeness (QED) is 0.431. The SMILES string of the molecule is Cc1nc(SCC(=O)NCCC(c2ccccc2)c2ccccc2)nc(C)c1C. The Balaban J connectivity index is 1.55. The minimum Gasteiger partial charge on any atom is -0.355 e. The van der Waals surface area contributed by atoms with E-state index in [2.05, 4.69) is 63.8 Å². The molecular formula is C24H27N3OS. The van der Waals surface area contributed by atoms with Gasteiger partial charge in [0.1, 0.15) is 0 Å². The van der Waals surface area contributed by atoms with Crippen molar-refractivity contribution in [2.75, 3.05) is 12.3 Å². The summed E-state index contributed by atoms with van der Waals surface area (Å²) in [5.41, 5.74) is 5.57. The zero-order valence-corrected chi connectivity index (χ0v) is 18.0. The van der Waals surface area contributed by atoms with Gasteiger partial charge in [-0.15, -0.1) is 0 Å². The molecule has 0 aliphatic carbocycles.